The normalized spacial score (nSPS) is 12.0. The van der Waals surface area contributed by atoms with Gasteiger partial charge in [-0.15, -0.1) is 0 Å². The standard InChI is InChI=1S/C16H24N2O4/c1-18(2)11-7-6-10-14(15(19)20)17-16(21)22-12-13-8-4-3-5-9-13/h3-5,8-9,14H,6-7,10-12H2,1-2H3,(H,17,21)(H,19,20)/t14-/m0/s1. The average Bonchev–Trinajstić information content (AvgIpc) is 2.48. The first-order valence-corrected chi connectivity index (χ1v) is 7.34. The van der Waals surface area contributed by atoms with E-state index in [9.17, 15) is 9.59 Å². The molecule has 1 aromatic rings. The minimum atomic E-state index is -1.04. The molecule has 1 amide bonds. The molecule has 0 aromatic heterocycles. The van der Waals surface area contributed by atoms with Gasteiger partial charge in [-0.1, -0.05) is 30.3 Å². The molecule has 122 valence electrons. The summed E-state index contributed by atoms with van der Waals surface area (Å²) in [5, 5.41) is 11.5. The monoisotopic (exact) mass is 308 g/mol. The van der Waals surface area contributed by atoms with Crippen LogP contribution in [-0.2, 0) is 16.1 Å². The van der Waals surface area contributed by atoms with Crippen molar-refractivity contribution in [2.24, 2.45) is 0 Å². The zero-order chi connectivity index (χ0) is 16.4. The maximum Gasteiger partial charge on any atom is 0.408 e. The number of carboxylic acid groups (broad SMARTS) is 1. The first-order valence-electron chi connectivity index (χ1n) is 7.34. The number of hydrogen-bond acceptors (Lipinski definition) is 4. The molecule has 0 fully saturated rings. The molecule has 0 unspecified atom stereocenters. The molecule has 1 aromatic carbocycles. The smallest absolute Gasteiger partial charge is 0.408 e. The van der Waals surface area contributed by atoms with Crippen molar-refractivity contribution in [3.8, 4) is 0 Å². The molecule has 1 atom stereocenters. The Balaban J connectivity index is 2.32. The lowest BCUT2D eigenvalue weighted by Gasteiger charge is -2.15. The lowest BCUT2D eigenvalue weighted by atomic mass is 10.1. The molecular formula is C16H24N2O4. The topological polar surface area (TPSA) is 78.9 Å². The Morgan fingerprint density at radius 1 is 1.23 bits per heavy atom. The van der Waals surface area contributed by atoms with Crippen LogP contribution in [0.3, 0.4) is 0 Å². The number of amides is 1. The van der Waals surface area contributed by atoms with Crippen molar-refractivity contribution in [1.29, 1.82) is 0 Å². The number of alkyl carbamates (subject to hydrolysis) is 1. The van der Waals surface area contributed by atoms with Crippen LogP contribution in [0.25, 0.3) is 0 Å². The maximum absolute atomic E-state index is 11.7. The van der Waals surface area contributed by atoms with Crippen LogP contribution in [0, 0.1) is 0 Å². The first-order chi connectivity index (χ1) is 10.5. The molecule has 6 heteroatoms. The minimum Gasteiger partial charge on any atom is -0.480 e. The molecule has 0 spiro atoms. The van der Waals surface area contributed by atoms with Gasteiger partial charge in [0.15, 0.2) is 0 Å². The lowest BCUT2D eigenvalue weighted by molar-refractivity contribution is -0.139. The number of nitrogens with one attached hydrogen (secondary N) is 1. The van der Waals surface area contributed by atoms with E-state index in [0.29, 0.717) is 6.42 Å². The number of unbranched alkanes of at least 4 members (excludes halogenated alkanes) is 1. The first kappa shape index (κ1) is 18.0. The van der Waals surface area contributed by atoms with Gasteiger partial charge >= 0.3 is 12.1 Å². The molecule has 6 nitrogen and oxygen atoms in total. The van der Waals surface area contributed by atoms with Gasteiger partial charge in [0.2, 0.25) is 0 Å². The number of carbonyl (C=O) groups excluding carboxylic acids is 1. The predicted molar refractivity (Wildman–Crippen MR) is 83.6 cm³/mol. The Hall–Kier alpha value is -2.08. The number of rotatable bonds is 9. The van der Waals surface area contributed by atoms with Gasteiger partial charge in [-0.25, -0.2) is 9.59 Å². The summed E-state index contributed by atoms with van der Waals surface area (Å²) in [7, 11) is 3.93. The second-order valence-corrected chi connectivity index (χ2v) is 5.40. The molecule has 0 saturated heterocycles. The summed E-state index contributed by atoms with van der Waals surface area (Å²) in [5.74, 6) is -1.04. The van der Waals surface area contributed by atoms with Crippen molar-refractivity contribution in [2.45, 2.75) is 31.9 Å². The van der Waals surface area contributed by atoms with Crippen LogP contribution in [-0.4, -0.2) is 48.8 Å². The van der Waals surface area contributed by atoms with Crippen LogP contribution >= 0.6 is 0 Å². The highest BCUT2D eigenvalue weighted by Gasteiger charge is 2.20. The molecule has 0 aliphatic heterocycles. The van der Waals surface area contributed by atoms with E-state index in [1.807, 2.05) is 49.3 Å². The Morgan fingerprint density at radius 2 is 1.91 bits per heavy atom. The molecule has 0 aliphatic carbocycles. The third-order valence-electron chi connectivity index (χ3n) is 3.15. The second kappa shape index (κ2) is 9.78. The third kappa shape index (κ3) is 7.64. The van der Waals surface area contributed by atoms with Gasteiger partial charge < -0.3 is 20.1 Å². The Bertz CT molecular complexity index is 462. The number of ether oxygens (including phenoxy) is 1. The Morgan fingerprint density at radius 3 is 2.50 bits per heavy atom. The van der Waals surface area contributed by atoms with Crippen LogP contribution in [0.4, 0.5) is 4.79 Å². The van der Waals surface area contributed by atoms with E-state index in [1.165, 1.54) is 0 Å². The largest absolute Gasteiger partial charge is 0.480 e. The van der Waals surface area contributed by atoms with Gasteiger partial charge in [-0.05, 0) is 45.5 Å². The van der Waals surface area contributed by atoms with E-state index in [1.54, 1.807) is 0 Å². The van der Waals surface area contributed by atoms with Crippen LogP contribution in [0.15, 0.2) is 30.3 Å². The summed E-state index contributed by atoms with van der Waals surface area (Å²) < 4.78 is 5.03. The Labute approximate surface area is 131 Å². The second-order valence-electron chi connectivity index (χ2n) is 5.40. The summed E-state index contributed by atoms with van der Waals surface area (Å²) in [5.41, 5.74) is 0.857. The molecule has 0 aliphatic rings. The summed E-state index contributed by atoms with van der Waals surface area (Å²) in [6.07, 6.45) is 1.30. The van der Waals surface area contributed by atoms with E-state index >= 15 is 0 Å². The fourth-order valence-electron chi connectivity index (χ4n) is 1.94. The van der Waals surface area contributed by atoms with Gasteiger partial charge in [0.05, 0.1) is 0 Å². The van der Waals surface area contributed by atoms with Crippen molar-refractivity contribution in [3.05, 3.63) is 35.9 Å². The van der Waals surface area contributed by atoms with Crippen LogP contribution < -0.4 is 5.32 Å². The highest BCUT2D eigenvalue weighted by Crippen LogP contribution is 2.04. The van der Waals surface area contributed by atoms with Crippen molar-refractivity contribution >= 4 is 12.1 Å². The zero-order valence-corrected chi connectivity index (χ0v) is 13.1. The van der Waals surface area contributed by atoms with E-state index in [4.69, 9.17) is 9.84 Å². The van der Waals surface area contributed by atoms with Crippen molar-refractivity contribution in [2.75, 3.05) is 20.6 Å². The van der Waals surface area contributed by atoms with E-state index in [-0.39, 0.29) is 6.61 Å². The molecule has 0 bridgehead atoms. The Kier molecular flexibility index (Phi) is 7.99. The molecule has 0 saturated carbocycles. The average molecular weight is 308 g/mol. The van der Waals surface area contributed by atoms with Gasteiger partial charge in [0.25, 0.3) is 0 Å². The number of carbonyl (C=O) groups is 2. The van der Waals surface area contributed by atoms with Crippen LogP contribution in [0.2, 0.25) is 0 Å². The highest BCUT2D eigenvalue weighted by molar-refractivity contribution is 5.79. The van der Waals surface area contributed by atoms with Crippen molar-refractivity contribution in [3.63, 3.8) is 0 Å². The quantitative estimate of drug-likeness (QED) is 0.683. The van der Waals surface area contributed by atoms with E-state index in [2.05, 4.69) is 5.32 Å². The SMILES string of the molecule is CN(C)CCCC[C@H](NC(=O)OCc1ccccc1)C(=O)O. The minimum absolute atomic E-state index is 0.125. The van der Waals surface area contributed by atoms with E-state index < -0.39 is 18.1 Å². The van der Waals surface area contributed by atoms with E-state index in [0.717, 1.165) is 24.9 Å². The van der Waals surface area contributed by atoms with Gasteiger partial charge in [0, 0.05) is 0 Å². The summed E-state index contributed by atoms with van der Waals surface area (Å²) in [6.45, 7) is 1.02. The van der Waals surface area contributed by atoms with Gasteiger partial charge in [-0.3, -0.25) is 0 Å². The molecule has 2 N–H and O–H groups in total. The molecule has 22 heavy (non-hydrogen) atoms. The number of carboxylic acids is 1. The number of aliphatic carboxylic acids is 1. The molecule has 1 rings (SSSR count). The van der Waals surface area contributed by atoms with Gasteiger partial charge in [0.1, 0.15) is 12.6 Å². The predicted octanol–water partition coefficient (Wildman–Crippen LogP) is 2.10. The maximum atomic E-state index is 11.7. The van der Waals surface area contributed by atoms with Crippen LogP contribution in [0.1, 0.15) is 24.8 Å². The summed E-state index contributed by atoms with van der Waals surface area (Å²) >= 11 is 0. The third-order valence-corrected chi connectivity index (χ3v) is 3.15. The lowest BCUT2D eigenvalue weighted by Crippen LogP contribution is -2.41. The number of nitrogens with zero attached hydrogens (tertiary/aromatic N) is 1. The molecule has 0 heterocycles. The van der Waals surface area contributed by atoms with Crippen molar-refractivity contribution in [1.82, 2.24) is 10.2 Å². The summed E-state index contributed by atoms with van der Waals surface area (Å²) in [4.78, 5) is 24.9. The van der Waals surface area contributed by atoms with Gasteiger partial charge in [-0.2, -0.15) is 0 Å². The molecule has 0 radical (unpaired) electrons. The fourth-order valence-corrected chi connectivity index (χ4v) is 1.94. The fraction of sp³-hybridized carbons (Fsp3) is 0.500. The van der Waals surface area contributed by atoms with Crippen LogP contribution in [0.5, 0.6) is 0 Å². The summed E-state index contributed by atoms with van der Waals surface area (Å²) in [6, 6.07) is 8.33. The zero-order valence-electron chi connectivity index (χ0n) is 13.1. The number of benzene rings is 1. The van der Waals surface area contributed by atoms with Crippen molar-refractivity contribution < 1.29 is 19.4 Å². The number of hydrogen-bond donors (Lipinski definition) is 2. The molecular weight excluding hydrogens is 284 g/mol. The highest BCUT2D eigenvalue weighted by atomic mass is 16.5.